The minimum atomic E-state index is 0. The number of nitrogens with one attached hydrogen (secondary N) is 2. The van der Waals surface area contributed by atoms with Crippen molar-refractivity contribution in [3.63, 3.8) is 0 Å². The number of aliphatic imine (C=N–C) groups is 1. The second-order valence-electron chi connectivity index (χ2n) is 7.91. The van der Waals surface area contributed by atoms with Gasteiger partial charge >= 0.3 is 0 Å². The molecule has 2 rings (SSSR count). The molecular weight excluding hydrogens is 451 g/mol. The quantitative estimate of drug-likeness (QED) is 0.382. The summed E-state index contributed by atoms with van der Waals surface area (Å²) in [5.74, 6) is 1.59. The fraction of sp³-hybridized carbons (Fsp3) is 0.619. The van der Waals surface area contributed by atoms with E-state index in [0.717, 1.165) is 38.4 Å². The monoisotopic (exact) mass is 486 g/mol. The molecule has 152 valence electrons. The third kappa shape index (κ3) is 6.66. The van der Waals surface area contributed by atoms with Gasteiger partial charge in [0.1, 0.15) is 0 Å². The van der Waals surface area contributed by atoms with Crippen molar-refractivity contribution in [1.82, 2.24) is 15.5 Å². The van der Waals surface area contributed by atoms with E-state index < -0.39 is 0 Å². The molecule has 0 saturated carbocycles. The zero-order valence-electron chi connectivity index (χ0n) is 17.3. The van der Waals surface area contributed by atoms with Crippen LogP contribution in [0, 0.1) is 12.8 Å². The topological polar surface area (TPSA) is 56.7 Å². The van der Waals surface area contributed by atoms with Gasteiger partial charge in [0, 0.05) is 45.6 Å². The number of rotatable bonds is 5. The number of halogens is 1. The normalized spacial score (nSPS) is 15.9. The zero-order chi connectivity index (χ0) is 19.2. The molecule has 1 heterocycles. The molecule has 0 spiro atoms. The first-order valence-electron chi connectivity index (χ1n) is 9.59. The molecule has 1 aromatic rings. The van der Waals surface area contributed by atoms with Crippen LogP contribution in [0.1, 0.15) is 44.2 Å². The molecular formula is C21H35IN4O. The predicted octanol–water partition coefficient (Wildman–Crippen LogP) is 3.31. The Morgan fingerprint density at radius 1 is 1.26 bits per heavy atom. The highest BCUT2D eigenvalue weighted by Crippen LogP contribution is 2.26. The van der Waals surface area contributed by atoms with Gasteiger partial charge in [0.2, 0.25) is 5.91 Å². The van der Waals surface area contributed by atoms with E-state index >= 15 is 0 Å². The van der Waals surface area contributed by atoms with E-state index in [-0.39, 0.29) is 35.3 Å². The summed E-state index contributed by atoms with van der Waals surface area (Å²) in [6.07, 6.45) is 2.71. The van der Waals surface area contributed by atoms with Crippen molar-refractivity contribution < 1.29 is 4.79 Å². The third-order valence-electron chi connectivity index (χ3n) is 5.44. The number of guanidine groups is 1. The number of carbonyl (C=O) groups is 1. The molecule has 0 radical (unpaired) electrons. The van der Waals surface area contributed by atoms with Crippen LogP contribution in [0.15, 0.2) is 29.3 Å². The van der Waals surface area contributed by atoms with Gasteiger partial charge in [0.15, 0.2) is 5.96 Å². The molecule has 1 fully saturated rings. The molecule has 5 nitrogen and oxygen atoms in total. The summed E-state index contributed by atoms with van der Waals surface area (Å²) in [5.41, 5.74) is 2.72. The number of benzene rings is 1. The van der Waals surface area contributed by atoms with Crippen LogP contribution in [0.4, 0.5) is 0 Å². The maximum Gasteiger partial charge on any atom is 0.220 e. The second-order valence-corrected chi connectivity index (χ2v) is 7.91. The third-order valence-corrected chi connectivity index (χ3v) is 5.44. The number of hydrogen-bond donors (Lipinski definition) is 2. The summed E-state index contributed by atoms with van der Waals surface area (Å²) in [5, 5.41) is 6.29. The van der Waals surface area contributed by atoms with Gasteiger partial charge in [-0.1, -0.05) is 38.1 Å². The molecule has 0 bridgehead atoms. The maximum atomic E-state index is 11.6. The molecule has 6 heteroatoms. The predicted molar refractivity (Wildman–Crippen MR) is 124 cm³/mol. The fourth-order valence-corrected chi connectivity index (χ4v) is 3.77. The molecule has 1 aromatic carbocycles. The number of hydrogen-bond acceptors (Lipinski definition) is 2. The van der Waals surface area contributed by atoms with E-state index in [4.69, 9.17) is 0 Å². The lowest BCUT2D eigenvalue weighted by Crippen LogP contribution is -2.49. The first-order valence-corrected chi connectivity index (χ1v) is 9.59. The lowest BCUT2D eigenvalue weighted by Gasteiger charge is -2.36. The SMILES string of the molecule is CN=C(NCC(C)(C)c1ccccc1C)N1CCC(CC(=O)NC)CC1.I. The Morgan fingerprint density at radius 3 is 2.44 bits per heavy atom. The number of likely N-dealkylation sites (tertiary alicyclic amines) is 1. The smallest absolute Gasteiger partial charge is 0.220 e. The number of nitrogens with zero attached hydrogens (tertiary/aromatic N) is 2. The Balaban J connectivity index is 0.00000364. The summed E-state index contributed by atoms with van der Waals surface area (Å²) >= 11 is 0. The van der Waals surface area contributed by atoms with Crippen molar-refractivity contribution in [3.8, 4) is 0 Å². The Kier molecular flexibility index (Phi) is 9.56. The second kappa shape index (κ2) is 10.9. The maximum absolute atomic E-state index is 11.6. The van der Waals surface area contributed by atoms with Crippen LogP contribution in [0.5, 0.6) is 0 Å². The van der Waals surface area contributed by atoms with E-state index in [9.17, 15) is 4.79 Å². The first-order chi connectivity index (χ1) is 12.4. The van der Waals surface area contributed by atoms with Gasteiger partial charge in [-0.2, -0.15) is 0 Å². The van der Waals surface area contributed by atoms with Crippen LogP contribution in [-0.4, -0.2) is 50.5 Å². The van der Waals surface area contributed by atoms with Crippen molar-refractivity contribution in [1.29, 1.82) is 0 Å². The standard InChI is InChI=1S/C21H34N4O.HI/c1-16-8-6-7-9-18(16)21(2,3)15-24-20(23-5)25-12-10-17(11-13-25)14-19(26)22-4;/h6-9,17H,10-15H2,1-5H3,(H,22,26)(H,23,24);1H. The van der Waals surface area contributed by atoms with Gasteiger partial charge in [-0.05, 0) is 36.8 Å². The molecule has 27 heavy (non-hydrogen) atoms. The molecule has 0 aliphatic carbocycles. The lowest BCUT2D eigenvalue weighted by atomic mass is 9.82. The van der Waals surface area contributed by atoms with Crippen LogP contribution in [0.3, 0.4) is 0 Å². The summed E-state index contributed by atoms with van der Waals surface area (Å²) in [6, 6.07) is 8.58. The van der Waals surface area contributed by atoms with E-state index in [1.165, 1.54) is 11.1 Å². The first kappa shape index (κ1) is 23.7. The highest BCUT2D eigenvalue weighted by Gasteiger charge is 2.26. The molecule has 2 N–H and O–H groups in total. The Bertz CT molecular complexity index is 637. The number of carbonyl (C=O) groups excluding carboxylic acids is 1. The van der Waals surface area contributed by atoms with Crippen LogP contribution in [0.25, 0.3) is 0 Å². The van der Waals surface area contributed by atoms with E-state index in [1.807, 2.05) is 7.05 Å². The number of amides is 1. The summed E-state index contributed by atoms with van der Waals surface area (Å²) < 4.78 is 0. The van der Waals surface area contributed by atoms with Gasteiger partial charge < -0.3 is 15.5 Å². The Labute approximate surface area is 181 Å². The molecule has 0 unspecified atom stereocenters. The van der Waals surface area contributed by atoms with Crippen molar-refractivity contribution >= 4 is 35.8 Å². The van der Waals surface area contributed by atoms with Crippen molar-refractivity contribution in [3.05, 3.63) is 35.4 Å². The Morgan fingerprint density at radius 2 is 1.89 bits per heavy atom. The average Bonchev–Trinajstić information content (AvgIpc) is 2.63. The lowest BCUT2D eigenvalue weighted by molar-refractivity contribution is -0.121. The number of aryl methyl sites for hydroxylation is 1. The van der Waals surface area contributed by atoms with Crippen LogP contribution < -0.4 is 10.6 Å². The van der Waals surface area contributed by atoms with Crippen molar-refractivity contribution in [2.75, 3.05) is 33.7 Å². The van der Waals surface area contributed by atoms with Crippen LogP contribution >= 0.6 is 24.0 Å². The van der Waals surface area contributed by atoms with Gasteiger partial charge in [0.05, 0.1) is 0 Å². The van der Waals surface area contributed by atoms with Crippen LogP contribution in [-0.2, 0) is 10.2 Å². The number of piperidine rings is 1. The van der Waals surface area contributed by atoms with Gasteiger partial charge in [0.25, 0.3) is 0 Å². The summed E-state index contributed by atoms with van der Waals surface area (Å²) in [7, 11) is 3.55. The summed E-state index contributed by atoms with van der Waals surface area (Å²) in [6.45, 7) is 9.44. The van der Waals surface area contributed by atoms with E-state index in [0.29, 0.717) is 12.3 Å². The molecule has 1 saturated heterocycles. The minimum Gasteiger partial charge on any atom is -0.359 e. The van der Waals surface area contributed by atoms with Gasteiger partial charge in [-0.3, -0.25) is 9.79 Å². The Hall–Kier alpha value is -1.31. The largest absolute Gasteiger partial charge is 0.359 e. The van der Waals surface area contributed by atoms with Gasteiger partial charge in [-0.25, -0.2) is 0 Å². The van der Waals surface area contributed by atoms with E-state index in [2.05, 4.69) is 65.6 Å². The molecule has 1 aliphatic rings. The highest BCUT2D eigenvalue weighted by atomic mass is 127. The molecule has 0 atom stereocenters. The molecule has 0 aromatic heterocycles. The van der Waals surface area contributed by atoms with Gasteiger partial charge in [-0.15, -0.1) is 24.0 Å². The highest BCUT2D eigenvalue weighted by molar-refractivity contribution is 14.0. The minimum absolute atomic E-state index is 0. The zero-order valence-corrected chi connectivity index (χ0v) is 19.7. The van der Waals surface area contributed by atoms with Crippen LogP contribution in [0.2, 0.25) is 0 Å². The van der Waals surface area contributed by atoms with Crippen molar-refractivity contribution in [2.45, 2.75) is 45.4 Å². The average molecular weight is 486 g/mol. The van der Waals surface area contributed by atoms with E-state index in [1.54, 1.807) is 7.05 Å². The molecule has 1 amide bonds. The van der Waals surface area contributed by atoms with Crippen molar-refractivity contribution in [2.24, 2.45) is 10.9 Å². The summed E-state index contributed by atoms with van der Waals surface area (Å²) in [4.78, 5) is 18.4. The molecule has 1 aliphatic heterocycles. The fourth-order valence-electron chi connectivity index (χ4n) is 3.77.